The lowest BCUT2D eigenvalue weighted by molar-refractivity contribution is -0.182. The van der Waals surface area contributed by atoms with Gasteiger partial charge in [0.05, 0.1) is 18.9 Å². The molecule has 2 aromatic rings. The molecule has 0 bridgehead atoms. The summed E-state index contributed by atoms with van der Waals surface area (Å²) in [5, 5.41) is 3.30. The van der Waals surface area contributed by atoms with Crippen molar-refractivity contribution < 1.29 is 23.8 Å². The highest BCUT2D eigenvalue weighted by molar-refractivity contribution is 6.06. The lowest BCUT2D eigenvalue weighted by Gasteiger charge is -2.41. The van der Waals surface area contributed by atoms with Gasteiger partial charge in [0.2, 0.25) is 0 Å². The van der Waals surface area contributed by atoms with Gasteiger partial charge in [-0.15, -0.1) is 0 Å². The molecule has 0 radical (unpaired) electrons. The number of fused-ring (bicyclic) bond motifs is 1. The first-order valence-electron chi connectivity index (χ1n) is 8.98. The van der Waals surface area contributed by atoms with Crippen molar-refractivity contribution in [2.75, 3.05) is 18.5 Å². The molecule has 0 saturated heterocycles. The first kappa shape index (κ1) is 18.8. The van der Waals surface area contributed by atoms with E-state index in [-0.39, 0.29) is 13.2 Å². The Kier molecular flexibility index (Phi) is 5.35. The molecule has 1 atom stereocenters. The summed E-state index contributed by atoms with van der Waals surface area (Å²) in [4.78, 5) is 26.0. The van der Waals surface area contributed by atoms with Gasteiger partial charge in [-0.2, -0.15) is 0 Å². The van der Waals surface area contributed by atoms with E-state index >= 15 is 0 Å². The highest BCUT2D eigenvalue weighted by Gasteiger charge is 2.61. The lowest BCUT2D eigenvalue weighted by atomic mass is 9.86. The van der Waals surface area contributed by atoms with Gasteiger partial charge < -0.3 is 19.5 Å². The Labute approximate surface area is 158 Å². The quantitative estimate of drug-likeness (QED) is 0.643. The molecule has 1 aliphatic heterocycles. The van der Waals surface area contributed by atoms with Gasteiger partial charge in [0.1, 0.15) is 11.8 Å². The van der Waals surface area contributed by atoms with Crippen molar-refractivity contribution in [1.29, 1.82) is 0 Å². The highest BCUT2D eigenvalue weighted by Crippen LogP contribution is 2.44. The van der Waals surface area contributed by atoms with E-state index < -0.39 is 23.6 Å². The van der Waals surface area contributed by atoms with Gasteiger partial charge in [0.25, 0.3) is 0 Å². The number of nitrogens with one attached hydrogen (secondary N) is 1. The Balaban J connectivity index is 2.20. The topological polar surface area (TPSA) is 73.9 Å². The molecule has 0 amide bonds. The van der Waals surface area contributed by atoms with Crippen molar-refractivity contribution in [3.8, 4) is 5.75 Å². The molecular formula is C21H23NO5. The minimum atomic E-state index is -1.98. The van der Waals surface area contributed by atoms with E-state index in [1.807, 2.05) is 49.4 Å². The summed E-state index contributed by atoms with van der Waals surface area (Å²) < 4.78 is 16.5. The molecule has 3 rings (SSSR count). The number of carbonyl (C=O) groups excluding carboxylic acids is 2. The summed E-state index contributed by atoms with van der Waals surface area (Å²) in [5.74, 6) is -1.17. The second-order valence-electron chi connectivity index (χ2n) is 6.27. The average Bonchev–Trinajstić information content (AvgIpc) is 2.68. The number of anilines is 1. The number of hydrogen-bond donors (Lipinski definition) is 1. The zero-order chi connectivity index (χ0) is 19.4. The molecule has 1 heterocycles. The molecule has 6 nitrogen and oxygen atoms in total. The van der Waals surface area contributed by atoms with Crippen LogP contribution >= 0.6 is 0 Å². The lowest BCUT2D eigenvalue weighted by Crippen LogP contribution is -2.61. The van der Waals surface area contributed by atoms with Crippen LogP contribution < -0.4 is 10.1 Å². The Morgan fingerprint density at radius 1 is 1.04 bits per heavy atom. The van der Waals surface area contributed by atoms with Crippen LogP contribution in [-0.2, 0) is 19.1 Å². The molecule has 1 aliphatic rings. The number of esters is 2. The molecule has 0 unspecified atom stereocenters. The second kappa shape index (κ2) is 7.70. The third-order valence-electron chi connectivity index (χ3n) is 4.40. The Morgan fingerprint density at radius 2 is 1.67 bits per heavy atom. The van der Waals surface area contributed by atoms with Crippen LogP contribution in [0.25, 0.3) is 0 Å². The van der Waals surface area contributed by atoms with Crippen molar-refractivity contribution >= 4 is 17.6 Å². The van der Waals surface area contributed by atoms with Crippen LogP contribution in [0.1, 0.15) is 31.0 Å². The van der Waals surface area contributed by atoms with Crippen LogP contribution in [0.15, 0.2) is 48.5 Å². The maximum atomic E-state index is 13.0. The first-order valence-corrected chi connectivity index (χ1v) is 8.98. The number of carbonyl (C=O) groups is 2. The predicted octanol–water partition coefficient (Wildman–Crippen LogP) is 3.41. The maximum absolute atomic E-state index is 13.0. The van der Waals surface area contributed by atoms with Gasteiger partial charge in [-0.25, -0.2) is 9.59 Å². The third kappa shape index (κ3) is 3.35. The number of benzene rings is 2. The van der Waals surface area contributed by atoms with E-state index in [0.29, 0.717) is 17.0 Å². The molecule has 0 aliphatic carbocycles. The molecule has 142 valence electrons. The van der Waals surface area contributed by atoms with E-state index in [0.717, 1.165) is 5.56 Å². The van der Waals surface area contributed by atoms with Crippen molar-refractivity contribution in [2.45, 2.75) is 32.4 Å². The minimum Gasteiger partial charge on any atom is -0.462 e. The normalized spacial score (nSPS) is 17.1. The van der Waals surface area contributed by atoms with E-state index in [2.05, 4.69) is 5.32 Å². The second-order valence-corrected chi connectivity index (χ2v) is 6.27. The fourth-order valence-electron chi connectivity index (χ4n) is 3.18. The minimum absolute atomic E-state index is 0.117. The maximum Gasteiger partial charge on any atom is 0.365 e. The smallest absolute Gasteiger partial charge is 0.365 e. The zero-order valence-electron chi connectivity index (χ0n) is 15.7. The van der Waals surface area contributed by atoms with Crippen molar-refractivity contribution in [2.24, 2.45) is 0 Å². The molecule has 6 heteroatoms. The summed E-state index contributed by atoms with van der Waals surface area (Å²) in [6, 6.07) is 13.9. The summed E-state index contributed by atoms with van der Waals surface area (Å²) >= 11 is 0. The van der Waals surface area contributed by atoms with Crippen molar-refractivity contribution in [3.05, 3.63) is 59.7 Å². The third-order valence-corrected chi connectivity index (χ3v) is 4.40. The largest absolute Gasteiger partial charge is 0.462 e. The molecule has 0 spiro atoms. The number of aryl methyl sites for hydroxylation is 1. The molecule has 0 fully saturated rings. The van der Waals surface area contributed by atoms with Gasteiger partial charge in [0, 0.05) is 0 Å². The van der Waals surface area contributed by atoms with E-state index in [1.54, 1.807) is 19.9 Å². The van der Waals surface area contributed by atoms with Crippen molar-refractivity contribution in [3.63, 3.8) is 0 Å². The molecular weight excluding hydrogens is 346 g/mol. The van der Waals surface area contributed by atoms with Crippen LogP contribution in [0.5, 0.6) is 5.75 Å². The van der Waals surface area contributed by atoms with Crippen LogP contribution in [-0.4, -0.2) is 30.8 Å². The Hall–Kier alpha value is -3.02. The summed E-state index contributed by atoms with van der Waals surface area (Å²) in [5.41, 5.74) is 0.464. The molecule has 0 saturated carbocycles. The van der Waals surface area contributed by atoms with Gasteiger partial charge in [0.15, 0.2) is 0 Å². The monoisotopic (exact) mass is 369 g/mol. The Bertz CT molecular complexity index is 816. The van der Waals surface area contributed by atoms with E-state index in [1.165, 1.54) is 0 Å². The number of ether oxygens (including phenoxy) is 3. The first-order chi connectivity index (χ1) is 13.0. The summed E-state index contributed by atoms with van der Waals surface area (Å²) in [6.45, 7) is 5.55. The summed E-state index contributed by atoms with van der Waals surface area (Å²) in [7, 11) is 0. The average molecular weight is 369 g/mol. The van der Waals surface area contributed by atoms with Gasteiger partial charge >= 0.3 is 17.5 Å². The van der Waals surface area contributed by atoms with Gasteiger partial charge in [-0.05, 0) is 44.0 Å². The fraction of sp³-hybridized carbons (Fsp3) is 0.333. The Morgan fingerprint density at radius 3 is 2.26 bits per heavy atom. The summed E-state index contributed by atoms with van der Waals surface area (Å²) in [6.07, 6.45) is 0. The van der Waals surface area contributed by atoms with E-state index in [4.69, 9.17) is 14.2 Å². The number of rotatable bonds is 5. The number of hydrogen-bond acceptors (Lipinski definition) is 6. The zero-order valence-corrected chi connectivity index (χ0v) is 15.7. The molecule has 0 aromatic heterocycles. The van der Waals surface area contributed by atoms with Crippen molar-refractivity contribution in [1.82, 2.24) is 0 Å². The van der Waals surface area contributed by atoms with Crippen LogP contribution in [0, 0.1) is 6.92 Å². The SMILES string of the molecule is CCOC(=O)C1(C(=O)OCC)Oc2ccc(C)cc2N[C@@H]1c1ccccc1. The molecule has 1 N–H and O–H groups in total. The molecule has 2 aromatic carbocycles. The predicted molar refractivity (Wildman–Crippen MR) is 101 cm³/mol. The van der Waals surface area contributed by atoms with Crippen LogP contribution in [0.2, 0.25) is 0 Å². The van der Waals surface area contributed by atoms with Crippen LogP contribution in [0.3, 0.4) is 0 Å². The van der Waals surface area contributed by atoms with Gasteiger partial charge in [-0.1, -0.05) is 36.4 Å². The van der Waals surface area contributed by atoms with Gasteiger partial charge in [-0.3, -0.25) is 0 Å². The van der Waals surface area contributed by atoms with Crippen LogP contribution in [0.4, 0.5) is 5.69 Å². The standard InChI is InChI=1S/C21H23NO5/c1-4-25-19(23)21(20(24)26-5-2)18(15-9-7-6-8-10-15)22-16-13-14(3)11-12-17(16)27-21/h6-13,18,22H,4-5H2,1-3H3/t18-/m1/s1. The van der Waals surface area contributed by atoms with E-state index in [9.17, 15) is 9.59 Å². The fourth-order valence-corrected chi connectivity index (χ4v) is 3.18. The highest BCUT2D eigenvalue weighted by atomic mass is 16.6. The molecule has 27 heavy (non-hydrogen) atoms.